The fourth-order valence-electron chi connectivity index (χ4n) is 2.22. The Balaban J connectivity index is 1.60. The minimum Gasteiger partial charge on any atom is -0.264 e. The van der Waals surface area contributed by atoms with Crippen molar-refractivity contribution in [2.24, 2.45) is 0 Å². The maximum atomic E-state index is 12.4. The zero-order valence-corrected chi connectivity index (χ0v) is 13.6. The number of nitrogens with zero attached hydrogens (tertiary/aromatic N) is 4. The van der Waals surface area contributed by atoms with Crippen LogP contribution in [-0.2, 0) is 16.6 Å². The van der Waals surface area contributed by atoms with Crippen LogP contribution in [0.5, 0.6) is 0 Å². The molecule has 114 valence electrons. The van der Waals surface area contributed by atoms with Crippen LogP contribution in [0.15, 0.2) is 65.4 Å². The van der Waals surface area contributed by atoms with Crippen molar-refractivity contribution in [2.75, 3.05) is 0 Å². The van der Waals surface area contributed by atoms with Gasteiger partial charge in [-0.05, 0) is 11.6 Å². The van der Waals surface area contributed by atoms with Gasteiger partial charge >= 0.3 is 0 Å². The molecule has 3 heterocycles. The highest BCUT2D eigenvalue weighted by atomic mass is 32.2. The fraction of sp³-hybridized carbons (Fsp3) is 0.0625. The van der Waals surface area contributed by atoms with Crippen LogP contribution in [0.4, 0.5) is 0 Å². The molecule has 0 aliphatic heterocycles. The van der Waals surface area contributed by atoms with Gasteiger partial charge < -0.3 is 0 Å². The predicted molar refractivity (Wildman–Crippen MR) is 90.6 cm³/mol. The summed E-state index contributed by atoms with van der Waals surface area (Å²) in [6.07, 6.45) is 5.30. The minimum absolute atomic E-state index is 0.413. The van der Waals surface area contributed by atoms with Crippen molar-refractivity contribution in [3.63, 3.8) is 0 Å². The second kappa shape index (κ2) is 6.02. The van der Waals surface area contributed by atoms with Crippen molar-refractivity contribution in [2.45, 2.75) is 10.1 Å². The van der Waals surface area contributed by atoms with Crippen molar-refractivity contribution in [1.82, 2.24) is 19.6 Å². The zero-order valence-electron chi connectivity index (χ0n) is 12.0. The number of benzene rings is 1. The van der Waals surface area contributed by atoms with E-state index in [4.69, 9.17) is 0 Å². The van der Waals surface area contributed by atoms with Crippen molar-refractivity contribution in [1.29, 1.82) is 0 Å². The van der Waals surface area contributed by atoms with E-state index >= 15 is 0 Å². The summed E-state index contributed by atoms with van der Waals surface area (Å²) >= 11 is 1.36. The van der Waals surface area contributed by atoms with Crippen LogP contribution in [0.1, 0.15) is 5.56 Å². The summed E-state index contributed by atoms with van der Waals surface area (Å²) in [6, 6.07) is 13.7. The van der Waals surface area contributed by atoms with E-state index in [1.807, 2.05) is 48.7 Å². The molecule has 0 aliphatic carbocycles. The first-order valence-corrected chi connectivity index (χ1v) is 9.12. The van der Waals surface area contributed by atoms with Crippen LogP contribution in [0, 0.1) is 0 Å². The van der Waals surface area contributed by atoms with Crippen LogP contribution in [0.2, 0.25) is 0 Å². The second-order valence-corrected chi connectivity index (χ2v) is 7.52. The lowest BCUT2D eigenvalue weighted by Gasteiger charge is -1.97. The van der Waals surface area contributed by atoms with Crippen molar-refractivity contribution >= 4 is 27.1 Å². The van der Waals surface area contributed by atoms with Crippen LogP contribution in [0.3, 0.4) is 0 Å². The number of fused-ring (bicyclic) bond motifs is 1. The number of hydrogen-bond donors (Lipinski definition) is 0. The van der Waals surface area contributed by atoms with Crippen molar-refractivity contribution in [3.8, 4) is 11.3 Å². The molecule has 7 heteroatoms. The highest BCUT2D eigenvalue weighted by Gasteiger charge is 2.14. The molecule has 0 spiro atoms. The molecule has 4 aromatic rings. The van der Waals surface area contributed by atoms with Gasteiger partial charge in [0.2, 0.25) is 9.30 Å². The van der Waals surface area contributed by atoms with E-state index in [0.29, 0.717) is 10.1 Å². The maximum absolute atomic E-state index is 12.4. The standard InChI is InChI=1S/C16H12N4OS2/c21-23(11-12-5-4-8-17-9-12)16-19-20-10-14(18-15(20)22-16)13-6-2-1-3-7-13/h1-10H,11H2. The molecule has 0 fully saturated rings. The summed E-state index contributed by atoms with van der Waals surface area (Å²) in [5.41, 5.74) is 2.85. The van der Waals surface area contributed by atoms with Gasteiger partial charge in [0.1, 0.15) is 0 Å². The summed E-state index contributed by atoms with van der Waals surface area (Å²) < 4.78 is 14.7. The molecule has 1 aromatic carbocycles. The minimum atomic E-state index is -1.19. The summed E-state index contributed by atoms with van der Waals surface area (Å²) in [4.78, 5) is 9.35. The first-order valence-electron chi connectivity index (χ1n) is 6.98. The molecule has 23 heavy (non-hydrogen) atoms. The SMILES string of the molecule is O=S(Cc1cccnc1)c1nn2cc(-c3ccccc3)nc2s1. The van der Waals surface area contributed by atoms with Gasteiger partial charge in [0.15, 0.2) is 0 Å². The van der Waals surface area contributed by atoms with Crippen LogP contribution < -0.4 is 0 Å². The number of rotatable bonds is 4. The Morgan fingerprint density at radius 2 is 2.00 bits per heavy atom. The second-order valence-electron chi connectivity index (χ2n) is 4.94. The molecule has 0 saturated heterocycles. The number of aromatic nitrogens is 4. The fourth-order valence-corrected chi connectivity index (χ4v) is 4.38. The normalized spacial score (nSPS) is 12.5. The predicted octanol–water partition coefficient (Wildman–Crippen LogP) is 3.16. The average molecular weight is 340 g/mol. The van der Waals surface area contributed by atoms with E-state index in [2.05, 4.69) is 15.1 Å². The largest absolute Gasteiger partial charge is 0.264 e. The maximum Gasteiger partial charge on any atom is 0.213 e. The van der Waals surface area contributed by atoms with Crippen molar-refractivity contribution in [3.05, 3.63) is 66.6 Å². The lowest BCUT2D eigenvalue weighted by molar-refractivity contribution is 0.680. The van der Waals surface area contributed by atoms with Crippen molar-refractivity contribution < 1.29 is 4.21 Å². The highest BCUT2D eigenvalue weighted by Crippen LogP contribution is 2.24. The molecule has 0 N–H and O–H groups in total. The van der Waals surface area contributed by atoms with Crippen LogP contribution >= 0.6 is 11.3 Å². The molecular formula is C16H12N4OS2. The first kappa shape index (κ1) is 14.2. The molecule has 0 saturated carbocycles. The zero-order chi connectivity index (χ0) is 15.6. The summed E-state index contributed by atoms with van der Waals surface area (Å²) in [5.74, 6) is 0.413. The first-order chi connectivity index (χ1) is 11.3. The van der Waals surface area contributed by atoms with Crippen LogP contribution in [-0.4, -0.2) is 23.8 Å². The lowest BCUT2D eigenvalue weighted by atomic mass is 10.2. The molecule has 3 aromatic heterocycles. The lowest BCUT2D eigenvalue weighted by Crippen LogP contribution is -1.97. The quantitative estimate of drug-likeness (QED) is 0.572. The van der Waals surface area contributed by atoms with Gasteiger partial charge in [-0.2, -0.15) is 0 Å². The molecule has 0 aliphatic rings. The Kier molecular flexibility index (Phi) is 3.72. The molecular weight excluding hydrogens is 328 g/mol. The van der Waals surface area contributed by atoms with E-state index in [1.54, 1.807) is 16.9 Å². The average Bonchev–Trinajstić information content (AvgIpc) is 3.15. The smallest absolute Gasteiger partial charge is 0.213 e. The Labute approximate surface area is 139 Å². The van der Waals surface area contributed by atoms with Gasteiger partial charge in [-0.15, -0.1) is 5.10 Å². The van der Waals surface area contributed by atoms with E-state index < -0.39 is 10.8 Å². The number of pyridine rings is 1. The Morgan fingerprint density at radius 3 is 2.74 bits per heavy atom. The van der Waals surface area contributed by atoms with E-state index in [-0.39, 0.29) is 0 Å². The molecule has 5 nitrogen and oxygen atoms in total. The number of imidazole rings is 1. The third kappa shape index (κ3) is 2.93. The van der Waals surface area contributed by atoms with E-state index in [9.17, 15) is 4.21 Å². The monoisotopic (exact) mass is 340 g/mol. The Morgan fingerprint density at radius 1 is 1.13 bits per heavy atom. The summed E-state index contributed by atoms with van der Waals surface area (Å²) in [7, 11) is -1.19. The molecule has 0 amide bonds. The van der Waals surface area contributed by atoms with E-state index in [1.165, 1.54) is 11.3 Å². The van der Waals surface area contributed by atoms with Gasteiger partial charge in [-0.3, -0.25) is 9.19 Å². The third-order valence-electron chi connectivity index (χ3n) is 3.31. The summed E-state index contributed by atoms with van der Waals surface area (Å²) in [6.45, 7) is 0. The van der Waals surface area contributed by atoms with Gasteiger partial charge in [0.25, 0.3) is 0 Å². The van der Waals surface area contributed by atoms with Gasteiger partial charge in [0, 0.05) is 18.0 Å². The highest BCUT2D eigenvalue weighted by molar-refractivity contribution is 7.86. The third-order valence-corrected chi connectivity index (χ3v) is 5.90. The Hall–Kier alpha value is -2.38. The van der Waals surface area contributed by atoms with Gasteiger partial charge in [0.05, 0.1) is 28.4 Å². The van der Waals surface area contributed by atoms with Gasteiger partial charge in [-0.1, -0.05) is 47.7 Å². The molecule has 4 rings (SSSR count). The Bertz CT molecular complexity index is 932. The summed E-state index contributed by atoms with van der Waals surface area (Å²) in [5, 5.41) is 4.41. The molecule has 0 bridgehead atoms. The molecule has 1 atom stereocenters. The number of hydrogen-bond acceptors (Lipinski definition) is 5. The molecule has 0 radical (unpaired) electrons. The van der Waals surface area contributed by atoms with E-state index in [0.717, 1.165) is 21.8 Å². The molecule has 1 unspecified atom stereocenters. The topological polar surface area (TPSA) is 60.2 Å². The van der Waals surface area contributed by atoms with Crippen LogP contribution in [0.25, 0.3) is 16.2 Å². The van der Waals surface area contributed by atoms with Gasteiger partial charge in [-0.25, -0.2) is 9.50 Å².